The fourth-order valence-corrected chi connectivity index (χ4v) is 5.94. The fraction of sp³-hybridized carbons (Fsp3) is 0.353. The van der Waals surface area contributed by atoms with Crippen LogP contribution in [0, 0.1) is 0 Å². The maximum absolute atomic E-state index is 10.8. The first-order valence-corrected chi connectivity index (χ1v) is 14.5. The summed E-state index contributed by atoms with van der Waals surface area (Å²) >= 11 is 0. The second kappa shape index (κ2) is 13.1. The van der Waals surface area contributed by atoms with Crippen molar-refractivity contribution < 1.29 is 15.0 Å². The first-order chi connectivity index (χ1) is 19.9. The van der Waals surface area contributed by atoms with Crippen molar-refractivity contribution in [2.75, 3.05) is 13.1 Å². The van der Waals surface area contributed by atoms with Crippen LogP contribution in [-0.4, -0.2) is 60.9 Å². The first kappa shape index (κ1) is 28.6. The molecule has 1 aromatic heterocycles. The number of aryl methyl sites for hydroxylation is 1. The minimum Gasteiger partial charge on any atom is -0.508 e. The van der Waals surface area contributed by atoms with Gasteiger partial charge in [-0.25, -0.2) is 0 Å². The van der Waals surface area contributed by atoms with Gasteiger partial charge < -0.3 is 10.2 Å². The number of nitrogens with zero attached hydrogens (tertiary/aromatic N) is 4. The molecule has 5 rings (SSSR count). The zero-order valence-electron chi connectivity index (χ0n) is 23.9. The maximum Gasteiger partial charge on any atom is 0.303 e. The third-order valence-electron chi connectivity index (χ3n) is 8.13. The van der Waals surface area contributed by atoms with E-state index in [-0.39, 0.29) is 18.2 Å². The van der Waals surface area contributed by atoms with E-state index in [4.69, 9.17) is 5.11 Å². The number of phenolic OH excluding ortho intramolecular Hbond substituents is 1. The lowest BCUT2D eigenvalue weighted by atomic mass is 9.92. The SMILES string of the molecule is C[C@@H]1CN([C@H](c2ccc(-c3cnn(CCCCC(=O)O)c3)cc2)c2cccc(O)c2)[C@@H](C)CN1Cc1ccccc1. The second-order valence-electron chi connectivity index (χ2n) is 11.3. The Morgan fingerprint density at radius 2 is 1.68 bits per heavy atom. The van der Waals surface area contributed by atoms with Gasteiger partial charge in [0.1, 0.15) is 5.75 Å². The zero-order chi connectivity index (χ0) is 28.8. The molecule has 7 nitrogen and oxygen atoms in total. The van der Waals surface area contributed by atoms with E-state index in [0.717, 1.165) is 42.7 Å². The third-order valence-corrected chi connectivity index (χ3v) is 8.13. The van der Waals surface area contributed by atoms with E-state index in [1.165, 1.54) is 11.1 Å². The summed E-state index contributed by atoms with van der Waals surface area (Å²) in [6.45, 7) is 8.15. The molecule has 4 aromatic rings. The van der Waals surface area contributed by atoms with Gasteiger partial charge >= 0.3 is 5.97 Å². The third kappa shape index (κ3) is 7.23. The number of carbonyl (C=O) groups is 1. The van der Waals surface area contributed by atoms with Crippen LogP contribution >= 0.6 is 0 Å². The monoisotopic (exact) mass is 552 g/mol. The molecule has 0 saturated carbocycles. The summed E-state index contributed by atoms with van der Waals surface area (Å²) in [5.74, 6) is -0.475. The second-order valence-corrected chi connectivity index (χ2v) is 11.3. The zero-order valence-corrected chi connectivity index (χ0v) is 23.9. The molecule has 1 saturated heterocycles. The minimum atomic E-state index is -0.756. The molecular formula is C34H40N4O3. The Balaban J connectivity index is 1.34. The van der Waals surface area contributed by atoms with Crippen LogP contribution in [0.4, 0.5) is 0 Å². The number of phenols is 1. The van der Waals surface area contributed by atoms with Crippen molar-refractivity contribution in [2.45, 2.75) is 64.3 Å². The molecule has 7 heteroatoms. The van der Waals surface area contributed by atoms with E-state index in [1.54, 1.807) is 6.07 Å². The first-order valence-electron chi connectivity index (χ1n) is 14.5. The number of carboxylic acids is 1. The Morgan fingerprint density at radius 3 is 2.41 bits per heavy atom. The van der Waals surface area contributed by atoms with Gasteiger partial charge in [-0.2, -0.15) is 5.10 Å². The average Bonchev–Trinajstić information content (AvgIpc) is 3.44. The van der Waals surface area contributed by atoms with Gasteiger partial charge in [0, 0.05) is 56.4 Å². The highest BCUT2D eigenvalue weighted by Crippen LogP contribution is 2.35. The number of piperazine rings is 1. The van der Waals surface area contributed by atoms with E-state index in [0.29, 0.717) is 25.0 Å². The van der Waals surface area contributed by atoms with Crippen molar-refractivity contribution in [1.29, 1.82) is 0 Å². The van der Waals surface area contributed by atoms with Gasteiger partial charge in [-0.15, -0.1) is 0 Å². The molecule has 2 N–H and O–H groups in total. The molecule has 0 bridgehead atoms. The predicted octanol–water partition coefficient (Wildman–Crippen LogP) is 6.19. The van der Waals surface area contributed by atoms with Crippen LogP contribution in [0.2, 0.25) is 0 Å². The Morgan fingerprint density at radius 1 is 0.902 bits per heavy atom. The standard InChI is InChI=1S/C34H40N4O3/c1-25-22-38(26(2)21-36(25)23-27-9-4-3-5-10-27)34(30-11-8-12-32(39)19-30)29-16-14-28(15-17-29)31-20-35-37(24-31)18-7-6-13-33(40)41/h3-5,8-12,14-17,19-20,24-26,34,39H,6-7,13,18,21-23H2,1-2H3,(H,40,41)/t25-,26+,34-/m1/s1. The van der Waals surface area contributed by atoms with Gasteiger partial charge in [-0.05, 0) is 61.1 Å². The summed E-state index contributed by atoms with van der Waals surface area (Å²) in [6.07, 6.45) is 5.52. The number of hydrogen-bond donors (Lipinski definition) is 2. The van der Waals surface area contributed by atoms with Crippen molar-refractivity contribution in [3.8, 4) is 16.9 Å². The number of unbranched alkanes of at least 4 members (excludes halogenated alkanes) is 1. The summed E-state index contributed by atoms with van der Waals surface area (Å²) in [6, 6.07) is 27.7. The Labute approximate surface area is 242 Å². The molecule has 3 aromatic carbocycles. The summed E-state index contributed by atoms with van der Waals surface area (Å²) in [5.41, 5.74) is 5.75. The van der Waals surface area contributed by atoms with Crippen LogP contribution in [0.3, 0.4) is 0 Å². The lowest BCUT2D eigenvalue weighted by Gasteiger charge is -2.47. The summed E-state index contributed by atoms with van der Waals surface area (Å²) in [5, 5.41) is 23.7. The molecule has 41 heavy (non-hydrogen) atoms. The highest BCUT2D eigenvalue weighted by molar-refractivity contribution is 5.66. The molecule has 0 unspecified atom stereocenters. The molecule has 1 aliphatic rings. The number of rotatable bonds is 11. The van der Waals surface area contributed by atoms with Gasteiger partial charge in [0.05, 0.1) is 12.2 Å². The smallest absolute Gasteiger partial charge is 0.303 e. The highest BCUT2D eigenvalue weighted by atomic mass is 16.4. The van der Waals surface area contributed by atoms with Gasteiger partial charge in [-0.1, -0.05) is 66.7 Å². The Kier molecular flexibility index (Phi) is 9.17. The van der Waals surface area contributed by atoms with E-state index < -0.39 is 5.97 Å². The number of aliphatic carboxylic acids is 1. The number of aromatic hydroxyl groups is 1. The largest absolute Gasteiger partial charge is 0.508 e. The minimum absolute atomic E-state index is 0.0180. The van der Waals surface area contributed by atoms with Crippen molar-refractivity contribution in [1.82, 2.24) is 19.6 Å². The lowest BCUT2D eigenvalue weighted by Crippen LogP contribution is -2.56. The molecule has 0 radical (unpaired) electrons. The van der Waals surface area contributed by atoms with E-state index in [9.17, 15) is 9.90 Å². The van der Waals surface area contributed by atoms with E-state index in [1.807, 2.05) is 29.2 Å². The number of hydrogen-bond acceptors (Lipinski definition) is 5. The Bertz CT molecular complexity index is 1420. The highest BCUT2D eigenvalue weighted by Gasteiger charge is 2.35. The molecule has 1 fully saturated rings. The van der Waals surface area contributed by atoms with Crippen LogP contribution in [0.5, 0.6) is 5.75 Å². The quantitative estimate of drug-likeness (QED) is 0.216. The number of benzene rings is 3. The summed E-state index contributed by atoms with van der Waals surface area (Å²) in [4.78, 5) is 15.9. The van der Waals surface area contributed by atoms with Gasteiger partial charge in [0.2, 0.25) is 0 Å². The van der Waals surface area contributed by atoms with Gasteiger partial charge in [0.25, 0.3) is 0 Å². The molecule has 0 aliphatic carbocycles. The molecular weight excluding hydrogens is 512 g/mol. The van der Waals surface area contributed by atoms with E-state index >= 15 is 0 Å². The van der Waals surface area contributed by atoms with Gasteiger partial charge in [0.15, 0.2) is 0 Å². The van der Waals surface area contributed by atoms with Crippen molar-refractivity contribution in [2.24, 2.45) is 0 Å². The van der Waals surface area contributed by atoms with E-state index in [2.05, 4.69) is 89.4 Å². The normalized spacial score (nSPS) is 18.8. The predicted molar refractivity (Wildman–Crippen MR) is 162 cm³/mol. The number of carboxylic acid groups (broad SMARTS) is 1. The maximum atomic E-state index is 10.8. The van der Waals surface area contributed by atoms with Crippen molar-refractivity contribution in [3.63, 3.8) is 0 Å². The summed E-state index contributed by atoms with van der Waals surface area (Å²) < 4.78 is 1.89. The van der Waals surface area contributed by atoms with Crippen LogP contribution < -0.4 is 0 Å². The Hall–Kier alpha value is -3.94. The fourth-order valence-electron chi connectivity index (χ4n) is 5.94. The molecule has 1 aliphatic heterocycles. The van der Waals surface area contributed by atoms with Crippen LogP contribution in [0.1, 0.15) is 55.8 Å². The molecule has 2 heterocycles. The molecule has 0 spiro atoms. The van der Waals surface area contributed by atoms with Crippen molar-refractivity contribution >= 4 is 5.97 Å². The van der Waals surface area contributed by atoms with Crippen LogP contribution in [0.25, 0.3) is 11.1 Å². The van der Waals surface area contributed by atoms with Crippen LogP contribution in [-0.2, 0) is 17.9 Å². The lowest BCUT2D eigenvalue weighted by molar-refractivity contribution is -0.137. The number of aromatic nitrogens is 2. The topological polar surface area (TPSA) is 81.8 Å². The molecule has 3 atom stereocenters. The summed E-state index contributed by atoms with van der Waals surface area (Å²) in [7, 11) is 0. The van der Waals surface area contributed by atoms with Crippen molar-refractivity contribution in [3.05, 3.63) is 108 Å². The average molecular weight is 553 g/mol. The molecule has 0 amide bonds. The molecule has 214 valence electrons. The van der Waals surface area contributed by atoms with Crippen LogP contribution in [0.15, 0.2) is 91.3 Å². The van der Waals surface area contributed by atoms with Gasteiger partial charge in [-0.3, -0.25) is 19.3 Å².